The van der Waals surface area contributed by atoms with E-state index in [9.17, 15) is 18.0 Å². The first-order valence-corrected chi connectivity index (χ1v) is 6.76. The van der Waals surface area contributed by atoms with Crippen molar-refractivity contribution in [2.75, 3.05) is 20.3 Å². The molecule has 1 rings (SSSR count). The standard InChI is InChI=1S/C12H12BrClF3NO2/c1-20-6-8(14)5-18-11(19)9-3-2-7(13)4-10(9)12(15,16)17/h2-4,8H,5-6H2,1H3,(H,18,19). The molecule has 1 atom stereocenters. The minimum atomic E-state index is -4.61. The summed E-state index contributed by atoms with van der Waals surface area (Å²) >= 11 is 8.75. The number of carbonyl (C=O) groups excluding carboxylic acids is 1. The van der Waals surface area contributed by atoms with E-state index in [-0.39, 0.29) is 17.6 Å². The average Bonchev–Trinajstić information content (AvgIpc) is 2.35. The number of halogens is 5. The minimum absolute atomic E-state index is 0.0155. The van der Waals surface area contributed by atoms with E-state index in [0.29, 0.717) is 0 Å². The van der Waals surface area contributed by atoms with Crippen LogP contribution in [0.1, 0.15) is 15.9 Å². The van der Waals surface area contributed by atoms with Gasteiger partial charge in [0, 0.05) is 18.1 Å². The van der Waals surface area contributed by atoms with Crippen LogP contribution in [0.25, 0.3) is 0 Å². The first kappa shape index (κ1) is 17.3. The maximum atomic E-state index is 12.9. The molecule has 1 N–H and O–H groups in total. The first-order valence-electron chi connectivity index (χ1n) is 5.53. The normalized spacial score (nSPS) is 13.1. The van der Waals surface area contributed by atoms with Crippen molar-refractivity contribution in [2.45, 2.75) is 11.6 Å². The molecule has 1 unspecified atom stereocenters. The summed E-state index contributed by atoms with van der Waals surface area (Å²) in [7, 11) is 1.44. The molecule has 0 heterocycles. The van der Waals surface area contributed by atoms with Crippen LogP contribution >= 0.6 is 27.5 Å². The fourth-order valence-electron chi connectivity index (χ4n) is 1.49. The van der Waals surface area contributed by atoms with Crippen LogP contribution < -0.4 is 5.32 Å². The lowest BCUT2D eigenvalue weighted by molar-refractivity contribution is -0.138. The number of methoxy groups -OCH3 is 1. The molecule has 1 aromatic rings. The van der Waals surface area contributed by atoms with Gasteiger partial charge >= 0.3 is 6.18 Å². The molecule has 3 nitrogen and oxygen atoms in total. The highest BCUT2D eigenvalue weighted by atomic mass is 79.9. The van der Waals surface area contributed by atoms with E-state index in [1.54, 1.807) is 0 Å². The van der Waals surface area contributed by atoms with Crippen molar-refractivity contribution in [1.82, 2.24) is 5.32 Å². The number of rotatable bonds is 5. The van der Waals surface area contributed by atoms with Crippen molar-refractivity contribution in [2.24, 2.45) is 0 Å². The smallest absolute Gasteiger partial charge is 0.383 e. The van der Waals surface area contributed by atoms with Gasteiger partial charge in [-0.15, -0.1) is 11.6 Å². The molecule has 0 bridgehead atoms. The average molecular weight is 375 g/mol. The molecule has 0 radical (unpaired) electrons. The van der Waals surface area contributed by atoms with Gasteiger partial charge in [0.15, 0.2) is 0 Å². The summed E-state index contributed by atoms with van der Waals surface area (Å²) in [5, 5.41) is 1.84. The summed E-state index contributed by atoms with van der Waals surface area (Å²) in [5.41, 5.74) is -1.44. The number of nitrogens with one attached hydrogen (secondary N) is 1. The van der Waals surface area contributed by atoms with Gasteiger partial charge < -0.3 is 10.1 Å². The molecule has 0 aliphatic heterocycles. The third kappa shape index (κ3) is 4.96. The molecule has 0 spiro atoms. The summed E-state index contributed by atoms with van der Waals surface area (Å²) in [4.78, 5) is 11.8. The van der Waals surface area contributed by atoms with Crippen LogP contribution in [0.2, 0.25) is 0 Å². The van der Waals surface area contributed by atoms with E-state index in [1.807, 2.05) is 0 Å². The number of ether oxygens (including phenoxy) is 1. The van der Waals surface area contributed by atoms with E-state index >= 15 is 0 Å². The van der Waals surface area contributed by atoms with E-state index in [2.05, 4.69) is 21.2 Å². The lowest BCUT2D eigenvalue weighted by Gasteiger charge is -2.14. The second kappa shape index (κ2) is 7.28. The van der Waals surface area contributed by atoms with Crippen molar-refractivity contribution in [1.29, 1.82) is 0 Å². The Balaban J connectivity index is 2.88. The van der Waals surface area contributed by atoms with Crippen molar-refractivity contribution < 1.29 is 22.7 Å². The molecule has 20 heavy (non-hydrogen) atoms. The molecule has 0 saturated carbocycles. The zero-order chi connectivity index (χ0) is 15.3. The molecular formula is C12H12BrClF3NO2. The van der Waals surface area contributed by atoms with Gasteiger partial charge in [-0.05, 0) is 18.2 Å². The van der Waals surface area contributed by atoms with Crippen LogP contribution in [-0.4, -0.2) is 31.5 Å². The van der Waals surface area contributed by atoms with Gasteiger partial charge in [-0.2, -0.15) is 13.2 Å². The Kier molecular flexibility index (Phi) is 6.29. The van der Waals surface area contributed by atoms with Crippen molar-refractivity contribution in [3.05, 3.63) is 33.8 Å². The Hall–Kier alpha value is -0.790. The molecule has 0 saturated heterocycles. The number of amides is 1. The molecule has 0 aliphatic carbocycles. The van der Waals surface area contributed by atoms with Gasteiger partial charge in [-0.1, -0.05) is 15.9 Å². The molecular weight excluding hydrogens is 362 g/mol. The summed E-state index contributed by atoms with van der Waals surface area (Å²) in [6.07, 6.45) is -4.61. The maximum absolute atomic E-state index is 12.9. The Morgan fingerprint density at radius 1 is 1.50 bits per heavy atom. The highest BCUT2D eigenvalue weighted by Crippen LogP contribution is 2.33. The Morgan fingerprint density at radius 2 is 2.15 bits per heavy atom. The largest absolute Gasteiger partial charge is 0.417 e. The fourth-order valence-corrected chi connectivity index (χ4v) is 2.05. The second-order valence-electron chi connectivity index (χ2n) is 3.95. The zero-order valence-electron chi connectivity index (χ0n) is 10.4. The van der Waals surface area contributed by atoms with Gasteiger partial charge in [-0.25, -0.2) is 0 Å². The monoisotopic (exact) mass is 373 g/mol. The van der Waals surface area contributed by atoms with Crippen molar-refractivity contribution in [3.63, 3.8) is 0 Å². The maximum Gasteiger partial charge on any atom is 0.417 e. The fraction of sp³-hybridized carbons (Fsp3) is 0.417. The molecule has 1 amide bonds. The van der Waals surface area contributed by atoms with Gasteiger partial charge in [0.2, 0.25) is 0 Å². The van der Waals surface area contributed by atoms with Crippen LogP contribution in [-0.2, 0) is 10.9 Å². The van der Waals surface area contributed by atoms with E-state index in [1.165, 1.54) is 13.2 Å². The highest BCUT2D eigenvalue weighted by molar-refractivity contribution is 9.10. The van der Waals surface area contributed by atoms with Crippen LogP contribution in [0.15, 0.2) is 22.7 Å². The number of benzene rings is 1. The lowest BCUT2D eigenvalue weighted by Crippen LogP contribution is -2.33. The van der Waals surface area contributed by atoms with Gasteiger partial charge in [0.05, 0.1) is 23.1 Å². The van der Waals surface area contributed by atoms with Gasteiger partial charge in [0.25, 0.3) is 5.91 Å². The van der Waals surface area contributed by atoms with E-state index in [0.717, 1.165) is 12.1 Å². The number of carbonyl (C=O) groups is 1. The molecule has 1 aromatic carbocycles. The van der Waals surface area contributed by atoms with Crippen LogP contribution in [0, 0.1) is 0 Å². The Bertz CT molecular complexity index is 482. The Morgan fingerprint density at radius 3 is 2.70 bits per heavy atom. The summed E-state index contributed by atoms with van der Waals surface area (Å²) in [6.45, 7) is 0.204. The topological polar surface area (TPSA) is 38.3 Å². The molecule has 0 aromatic heterocycles. The number of hydrogen-bond donors (Lipinski definition) is 1. The second-order valence-corrected chi connectivity index (χ2v) is 5.48. The number of alkyl halides is 4. The summed E-state index contributed by atoms with van der Waals surface area (Å²) in [6, 6.07) is 3.35. The number of hydrogen-bond acceptors (Lipinski definition) is 2. The molecule has 112 valence electrons. The van der Waals surface area contributed by atoms with Crippen LogP contribution in [0.5, 0.6) is 0 Å². The van der Waals surface area contributed by atoms with E-state index < -0.39 is 28.6 Å². The lowest BCUT2D eigenvalue weighted by atomic mass is 10.1. The summed E-state index contributed by atoms with van der Waals surface area (Å²) in [5.74, 6) is -0.827. The third-order valence-electron chi connectivity index (χ3n) is 2.36. The molecule has 0 fully saturated rings. The van der Waals surface area contributed by atoms with E-state index in [4.69, 9.17) is 16.3 Å². The summed E-state index contributed by atoms with van der Waals surface area (Å²) < 4.78 is 43.6. The predicted octanol–water partition coefficient (Wildman–Crippen LogP) is 3.45. The SMILES string of the molecule is COCC(Cl)CNC(=O)c1ccc(Br)cc1C(F)(F)F. The highest BCUT2D eigenvalue weighted by Gasteiger charge is 2.35. The predicted molar refractivity (Wildman–Crippen MR) is 73.0 cm³/mol. The van der Waals surface area contributed by atoms with Crippen molar-refractivity contribution >= 4 is 33.4 Å². The molecule has 8 heteroatoms. The van der Waals surface area contributed by atoms with Crippen LogP contribution in [0.4, 0.5) is 13.2 Å². The third-order valence-corrected chi connectivity index (χ3v) is 3.14. The Labute approximate surface area is 127 Å². The minimum Gasteiger partial charge on any atom is -0.383 e. The zero-order valence-corrected chi connectivity index (χ0v) is 12.8. The molecule has 0 aliphatic rings. The quantitative estimate of drug-likeness (QED) is 0.802. The van der Waals surface area contributed by atoms with Gasteiger partial charge in [-0.3, -0.25) is 4.79 Å². The van der Waals surface area contributed by atoms with Crippen molar-refractivity contribution in [3.8, 4) is 0 Å². The first-order chi connectivity index (χ1) is 9.25. The van der Waals surface area contributed by atoms with Crippen LogP contribution in [0.3, 0.4) is 0 Å². The van der Waals surface area contributed by atoms with Gasteiger partial charge in [0.1, 0.15) is 0 Å².